The summed E-state index contributed by atoms with van der Waals surface area (Å²) in [7, 11) is -0.812. The molecule has 146 valence electrons. The minimum atomic E-state index is -3.78. The summed E-state index contributed by atoms with van der Waals surface area (Å²) in [5.41, 5.74) is 0.868. The molecule has 0 saturated carbocycles. The summed E-state index contributed by atoms with van der Waals surface area (Å²) < 4.78 is 32.2. The van der Waals surface area contributed by atoms with E-state index in [-0.39, 0.29) is 16.8 Å². The van der Waals surface area contributed by atoms with E-state index in [1.807, 2.05) is 6.92 Å². The fraction of sp³-hybridized carbons (Fsp3) is 0.350. The van der Waals surface area contributed by atoms with Crippen molar-refractivity contribution < 1.29 is 17.9 Å². The summed E-state index contributed by atoms with van der Waals surface area (Å²) in [5, 5.41) is 2.90. The topological polar surface area (TPSA) is 75.7 Å². The van der Waals surface area contributed by atoms with Crippen LogP contribution in [0, 0.1) is 0 Å². The molecule has 2 aromatic rings. The van der Waals surface area contributed by atoms with Crippen molar-refractivity contribution in [2.45, 2.75) is 37.6 Å². The second-order valence-electron chi connectivity index (χ2n) is 6.33. The van der Waals surface area contributed by atoms with Crippen molar-refractivity contribution in [3.05, 3.63) is 54.1 Å². The van der Waals surface area contributed by atoms with E-state index < -0.39 is 10.0 Å². The van der Waals surface area contributed by atoms with Crippen molar-refractivity contribution in [2.75, 3.05) is 18.5 Å². The first-order chi connectivity index (χ1) is 12.8. The molecule has 0 aliphatic heterocycles. The molecule has 1 amide bonds. The van der Waals surface area contributed by atoms with E-state index in [4.69, 9.17) is 4.74 Å². The van der Waals surface area contributed by atoms with Crippen molar-refractivity contribution in [3.8, 4) is 5.75 Å². The minimum Gasteiger partial charge on any atom is -0.495 e. The van der Waals surface area contributed by atoms with Gasteiger partial charge in [0.05, 0.1) is 17.7 Å². The van der Waals surface area contributed by atoms with Gasteiger partial charge in [0.25, 0.3) is 15.9 Å². The van der Waals surface area contributed by atoms with Crippen LogP contribution in [-0.4, -0.2) is 34.5 Å². The zero-order valence-corrected chi connectivity index (χ0v) is 16.9. The fourth-order valence-electron chi connectivity index (χ4n) is 2.77. The Bertz CT molecular complexity index is 879. The van der Waals surface area contributed by atoms with Crippen LogP contribution >= 0.6 is 0 Å². The molecule has 0 radical (unpaired) electrons. The SMILES string of the molecule is CCC[C@@H](C)NC(=O)c1ccc(S(=O)(=O)N(C)c2ccccc2OC)cc1. The summed E-state index contributed by atoms with van der Waals surface area (Å²) in [6.07, 6.45) is 1.87. The quantitative estimate of drug-likeness (QED) is 0.749. The average molecular weight is 391 g/mol. The molecule has 2 aromatic carbocycles. The van der Waals surface area contributed by atoms with E-state index in [9.17, 15) is 13.2 Å². The van der Waals surface area contributed by atoms with Gasteiger partial charge in [-0.1, -0.05) is 25.5 Å². The first-order valence-corrected chi connectivity index (χ1v) is 10.3. The third kappa shape index (κ3) is 4.80. The van der Waals surface area contributed by atoms with E-state index in [2.05, 4.69) is 12.2 Å². The average Bonchev–Trinajstić information content (AvgIpc) is 2.67. The van der Waals surface area contributed by atoms with Crippen LogP contribution < -0.4 is 14.4 Å². The summed E-state index contributed by atoms with van der Waals surface area (Å²) >= 11 is 0. The van der Waals surface area contributed by atoms with Gasteiger partial charge in [-0.15, -0.1) is 0 Å². The lowest BCUT2D eigenvalue weighted by atomic mass is 10.1. The highest BCUT2D eigenvalue weighted by Crippen LogP contribution is 2.30. The molecule has 27 heavy (non-hydrogen) atoms. The van der Waals surface area contributed by atoms with E-state index in [1.54, 1.807) is 24.3 Å². The van der Waals surface area contributed by atoms with Crippen LogP contribution in [0.15, 0.2) is 53.4 Å². The first kappa shape index (κ1) is 20.8. The van der Waals surface area contributed by atoms with E-state index in [0.717, 1.165) is 12.8 Å². The molecule has 0 bridgehead atoms. The molecule has 1 N–H and O–H groups in total. The minimum absolute atomic E-state index is 0.0718. The van der Waals surface area contributed by atoms with E-state index >= 15 is 0 Å². The Balaban J connectivity index is 2.23. The zero-order chi connectivity index (χ0) is 20.0. The predicted octanol–water partition coefficient (Wildman–Crippen LogP) is 3.44. The number of nitrogens with zero attached hydrogens (tertiary/aromatic N) is 1. The van der Waals surface area contributed by atoms with Gasteiger partial charge in [0, 0.05) is 18.7 Å². The van der Waals surface area contributed by atoms with Crippen molar-refractivity contribution in [2.24, 2.45) is 0 Å². The highest BCUT2D eigenvalue weighted by molar-refractivity contribution is 7.92. The number of carbonyl (C=O) groups excluding carboxylic acids is 1. The van der Waals surface area contributed by atoms with Gasteiger partial charge >= 0.3 is 0 Å². The third-order valence-corrected chi connectivity index (χ3v) is 6.08. The van der Waals surface area contributed by atoms with E-state index in [1.165, 1.54) is 42.7 Å². The Labute approximate surface area is 161 Å². The smallest absolute Gasteiger partial charge is 0.264 e. The van der Waals surface area contributed by atoms with Gasteiger partial charge in [0.15, 0.2) is 0 Å². The van der Waals surface area contributed by atoms with Crippen molar-refractivity contribution in [1.29, 1.82) is 0 Å². The monoisotopic (exact) mass is 390 g/mol. The standard InChI is InChI=1S/C20H26N2O4S/c1-5-8-15(2)21-20(23)16-11-13-17(14-12-16)27(24,25)22(3)18-9-6-7-10-19(18)26-4/h6-7,9-15H,5,8H2,1-4H3,(H,21,23)/t15-/m1/s1. The Hall–Kier alpha value is -2.54. The van der Waals surface area contributed by atoms with Gasteiger partial charge in [-0.3, -0.25) is 9.10 Å². The van der Waals surface area contributed by atoms with Crippen LogP contribution in [0.5, 0.6) is 5.75 Å². The fourth-order valence-corrected chi connectivity index (χ4v) is 3.97. The number of sulfonamides is 1. The van der Waals surface area contributed by atoms with Crippen LogP contribution in [-0.2, 0) is 10.0 Å². The lowest BCUT2D eigenvalue weighted by molar-refractivity contribution is 0.0938. The molecule has 0 saturated heterocycles. The van der Waals surface area contributed by atoms with Gasteiger partial charge in [-0.2, -0.15) is 0 Å². The van der Waals surface area contributed by atoms with Gasteiger partial charge in [-0.25, -0.2) is 8.42 Å². The van der Waals surface area contributed by atoms with Crippen LogP contribution in [0.4, 0.5) is 5.69 Å². The van der Waals surface area contributed by atoms with Gasteiger partial charge in [-0.05, 0) is 49.7 Å². The highest BCUT2D eigenvalue weighted by atomic mass is 32.2. The first-order valence-electron chi connectivity index (χ1n) is 8.84. The number of ether oxygens (including phenoxy) is 1. The summed E-state index contributed by atoms with van der Waals surface area (Å²) in [5.74, 6) is 0.252. The largest absolute Gasteiger partial charge is 0.495 e. The van der Waals surface area contributed by atoms with Crippen LogP contribution in [0.25, 0.3) is 0 Å². The molecule has 0 fully saturated rings. The molecule has 7 heteroatoms. The summed E-state index contributed by atoms with van der Waals surface area (Å²) in [6, 6.07) is 12.9. The third-order valence-electron chi connectivity index (χ3n) is 4.30. The number of hydrogen-bond donors (Lipinski definition) is 1. The maximum atomic E-state index is 12.9. The van der Waals surface area contributed by atoms with Crippen LogP contribution in [0.1, 0.15) is 37.0 Å². The number of methoxy groups -OCH3 is 1. The number of nitrogens with one attached hydrogen (secondary N) is 1. The second-order valence-corrected chi connectivity index (χ2v) is 8.30. The predicted molar refractivity (Wildman–Crippen MR) is 107 cm³/mol. The molecule has 2 rings (SSSR count). The summed E-state index contributed by atoms with van der Waals surface area (Å²) in [6.45, 7) is 4.00. The Kier molecular flexibility index (Phi) is 6.85. The number of benzene rings is 2. The number of anilines is 1. The van der Waals surface area contributed by atoms with Crippen molar-refractivity contribution in [3.63, 3.8) is 0 Å². The molecule has 0 unspecified atom stereocenters. The number of hydrogen-bond acceptors (Lipinski definition) is 4. The van der Waals surface area contributed by atoms with Crippen LogP contribution in [0.3, 0.4) is 0 Å². The highest BCUT2D eigenvalue weighted by Gasteiger charge is 2.24. The maximum Gasteiger partial charge on any atom is 0.264 e. The molecule has 0 aliphatic carbocycles. The van der Waals surface area contributed by atoms with Gasteiger partial charge in [0.2, 0.25) is 0 Å². The zero-order valence-electron chi connectivity index (χ0n) is 16.1. The lowest BCUT2D eigenvalue weighted by Gasteiger charge is -2.21. The number of carbonyl (C=O) groups is 1. The number of para-hydroxylation sites is 2. The Morgan fingerprint density at radius 2 is 1.78 bits per heavy atom. The molecule has 6 nitrogen and oxygen atoms in total. The molecule has 0 aromatic heterocycles. The molecular formula is C20H26N2O4S. The Morgan fingerprint density at radius 3 is 2.37 bits per heavy atom. The van der Waals surface area contributed by atoms with Crippen LogP contribution in [0.2, 0.25) is 0 Å². The molecular weight excluding hydrogens is 364 g/mol. The summed E-state index contributed by atoms with van der Waals surface area (Å²) in [4.78, 5) is 12.3. The van der Waals surface area contributed by atoms with E-state index in [0.29, 0.717) is 17.0 Å². The lowest BCUT2D eigenvalue weighted by Crippen LogP contribution is -2.32. The van der Waals surface area contributed by atoms with Crippen molar-refractivity contribution in [1.82, 2.24) is 5.32 Å². The second kappa shape index (κ2) is 8.90. The molecule has 0 aliphatic rings. The molecule has 0 spiro atoms. The number of rotatable bonds is 8. The van der Waals surface area contributed by atoms with Crippen molar-refractivity contribution >= 4 is 21.6 Å². The molecule has 1 atom stereocenters. The normalized spacial score (nSPS) is 12.3. The maximum absolute atomic E-state index is 12.9. The Morgan fingerprint density at radius 1 is 1.15 bits per heavy atom. The van der Waals surface area contributed by atoms with Gasteiger partial charge < -0.3 is 10.1 Å². The van der Waals surface area contributed by atoms with Gasteiger partial charge in [0.1, 0.15) is 5.75 Å². The molecule has 0 heterocycles. The number of amides is 1.